The predicted molar refractivity (Wildman–Crippen MR) is 147 cm³/mol. The van der Waals surface area contributed by atoms with Gasteiger partial charge in [0.1, 0.15) is 11.6 Å². The van der Waals surface area contributed by atoms with Crippen molar-refractivity contribution >= 4 is 17.2 Å². The fourth-order valence-corrected chi connectivity index (χ4v) is 6.09. The molecule has 40 heavy (non-hydrogen) atoms. The Labute approximate surface area is 230 Å². The number of aromatic nitrogens is 1. The van der Waals surface area contributed by atoms with Crippen LogP contribution >= 0.6 is 0 Å². The van der Waals surface area contributed by atoms with Crippen molar-refractivity contribution in [2.24, 2.45) is 11.7 Å². The molecule has 0 amide bonds. The standard InChI is InChI=1S/C29H32F3N5O3/c30-29(31,32)40-25-7-3-5-20(17-25)21-13-15-34-27(18-21)35-26-8-1-2-14-28(26,33)22-6-4-16-36(19-22)23-9-11-24(12-10-23)37(38)39/h3,5,7,9-13,15,17-18,22,26H,1-2,4,6,8,14,16,19,33H2,(H,34,35)/t22-,26?,28?/m0/s1. The Kier molecular flexibility index (Phi) is 7.84. The Hall–Kier alpha value is -3.86. The van der Waals surface area contributed by atoms with E-state index in [9.17, 15) is 23.3 Å². The van der Waals surface area contributed by atoms with Crippen LogP contribution in [0.1, 0.15) is 38.5 Å². The Morgan fingerprint density at radius 3 is 2.58 bits per heavy atom. The topological polar surface area (TPSA) is 107 Å². The molecule has 1 saturated carbocycles. The van der Waals surface area contributed by atoms with Crippen molar-refractivity contribution in [2.75, 3.05) is 23.3 Å². The fraction of sp³-hybridized carbons (Fsp3) is 0.414. The van der Waals surface area contributed by atoms with Crippen molar-refractivity contribution in [3.05, 3.63) is 77.0 Å². The van der Waals surface area contributed by atoms with E-state index in [0.717, 1.165) is 57.3 Å². The molecule has 3 N–H and O–H groups in total. The van der Waals surface area contributed by atoms with Gasteiger partial charge in [0.25, 0.3) is 5.69 Å². The highest BCUT2D eigenvalue weighted by molar-refractivity contribution is 5.67. The quantitative estimate of drug-likeness (QED) is 0.252. The van der Waals surface area contributed by atoms with Gasteiger partial charge in [-0.25, -0.2) is 4.98 Å². The van der Waals surface area contributed by atoms with Crippen LogP contribution in [0.4, 0.5) is 30.4 Å². The molecule has 1 aliphatic carbocycles. The Bertz CT molecular complexity index is 1340. The highest BCUT2D eigenvalue weighted by Crippen LogP contribution is 2.40. The average Bonchev–Trinajstić information content (AvgIpc) is 2.94. The number of nitrogens with one attached hydrogen (secondary N) is 1. The molecule has 1 aliphatic heterocycles. The molecule has 2 aliphatic rings. The second-order valence-electron chi connectivity index (χ2n) is 10.6. The zero-order valence-electron chi connectivity index (χ0n) is 21.9. The van der Waals surface area contributed by atoms with Crippen LogP contribution in [0.3, 0.4) is 0 Å². The van der Waals surface area contributed by atoms with E-state index < -0.39 is 16.8 Å². The van der Waals surface area contributed by atoms with Gasteiger partial charge < -0.3 is 20.7 Å². The van der Waals surface area contributed by atoms with E-state index in [4.69, 9.17) is 5.73 Å². The van der Waals surface area contributed by atoms with Crippen molar-refractivity contribution in [1.29, 1.82) is 0 Å². The Morgan fingerprint density at radius 2 is 1.82 bits per heavy atom. The summed E-state index contributed by atoms with van der Waals surface area (Å²) in [6, 6.07) is 16.1. The van der Waals surface area contributed by atoms with Crippen LogP contribution in [-0.4, -0.2) is 40.9 Å². The molecule has 2 fully saturated rings. The van der Waals surface area contributed by atoms with Crippen LogP contribution in [-0.2, 0) is 0 Å². The molecular weight excluding hydrogens is 523 g/mol. The van der Waals surface area contributed by atoms with E-state index in [1.807, 2.05) is 6.07 Å². The third-order valence-electron chi connectivity index (χ3n) is 8.09. The van der Waals surface area contributed by atoms with Crippen LogP contribution in [0.15, 0.2) is 66.9 Å². The summed E-state index contributed by atoms with van der Waals surface area (Å²) < 4.78 is 42.2. The molecule has 212 valence electrons. The number of alkyl halides is 3. The van der Waals surface area contributed by atoms with Gasteiger partial charge in [-0.1, -0.05) is 25.0 Å². The maximum Gasteiger partial charge on any atom is 0.573 e. The molecule has 1 saturated heterocycles. The molecule has 5 rings (SSSR count). The second kappa shape index (κ2) is 11.3. The van der Waals surface area contributed by atoms with Crippen LogP contribution in [0.2, 0.25) is 0 Å². The molecule has 0 spiro atoms. The third-order valence-corrected chi connectivity index (χ3v) is 8.09. The number of hydrogen-bond donors (Lipinski definition) is 2. The van der Waals surface area contributed by atoms with Gasteiger partial charge in [-0.2, -0.15) is 0 Å². The summed E-state index contributed by atoms with van der Waals surface area (Å²) >= 11 is 0. The first-order valence-corrected chi connectivity index (χ1v) is 13.5. The fourth-order valence-electron chi connectivity index (χ4n) is 6.09. The number of nitrogens with zero attached hydrogens (tertiary/aromatic N) is 3. The van der Waals surface area contributed by atoms with Crippen molar-refractivity contribution in [2.45, 2.75) is 56.5 Å². The molecule has 2 aromatic carbocycles. The number of rotatable bonds is 7. The number of pyridine rings is 1. The highest BCUT2D eigenvalue weighted by atomic mass is 19.4. The normalized spacial score (nSPS) is 23.4. The van der Waals surface area contributed by atoms with Gasteiger partial charge in [0.2, 0.25) is 0 Å². The molecule has 3 atom stereocenters. The van der Waals surface area contributed by atoms with Gasteiger partial charge in [0, 0.05) is 48.7 Å². The lowest BCUT2D eigenvalue weighted by molar-refractivity contribution is -0.384. The minimum Gasteiger partial charge on any atom is -0.406 e. The van der Waals surface area contributed by atoms with Gasteiger partial charge in [0.15, 0.2) is 0 Å². The summed E-state index contributed by atoms with van der Waals surface area (Å²) in [5.74, 6) is 0.539. The zero-order chi connectivity index (χ0) is 28.3. The average molecular weight is 556 g/mol. The first-order chi connectivity index (χ1) is 19.1. The number of nitro benzene ring substituents is 1. The van der Waals surface area contributed by atoms with E-state index in [2.05, 4.69) is 19.9 Å². The molecule has 1 aromatic heterocycles. The number of non-ortho nitro benzene ring substituents is 1. The lowest BCUT2D eigenvalue weighted by Crippen LogP contribution is -2.64. The molecule has 0 bridgehead atoms. The van der Waals surface area contributed by atoms with Crippen LogP contribution in [0.5, 0.6) is 5.75 Å². The summed E-state index contributed by atoms with van der Waals surface area (Å²) in [6.45, 7) is 1.62. The van der Waals surface area contributed by atoms with E-state index in [1.54, 1.807) is 30.5 Å². The number of halogens is 3. The van der Waals surface area contributed by atoms with Crippen molar-refractivity contribution in [3.63, 3.8) is 0 Å². The summed E-state index contributed by atoms with van der Waals surface area (Å²) in [6.07, 6.45) is 2.63. The van der Waals surface area contributed by atoms with Crippen LogP contribution in [0, 0.1) is 16.0 Å². The van der Waals surface area contributed by atoms with Crippen LogP contribution < -0.4 is 20.7 Å². The van der Waals surface area contributed by atoms with Crippen LogP contribution in [0.25, 0.3) is 11.1 Å². The summed E-state index contributed by atoms with van der Waals surface area (Å²) in [5.41, 5.74) is 9.05. The Morgan fingerprint density at radius 1 is 1.05 bits per heavy atom. The molecule has 8 nitrogen and oxygen atoms in total. The summed E-state index contributed by atoms with van der Waals surface area (Å²) in [7, 11) is 0. The zero-order valence-corrected chi connectivity index (χ0v) is 21.9. The van der Waals surface area contributed by atoms with E-state index >= 15 is 0 Å². The molecule has 11 heteroatoms. The molecule has 2 unspecified atom stereocenters. The first-order valence-electron chi connectivity index (χ1n) is 13.5. The van der Waals surface area contributed by atoms with E-state index in [1.165, 1.54) is 30.3 Å². The largest absolute Gasteiger partial charge is 0.573 e. The van der Waals surface area contributed by atoms with Gasteiger partial charge in [-0.15, -0.1) is 13.2 Å². The molecule has 2 heterocycles. The van der Waals surface area contributed by atoms with Crippen molar-refractivity contribution in [1.82, 2.24) is 4.98 Å². The van der Waals surface area contributed by atoms with Gasteiger partial charge in [0.05, 0.1) is 4.92 Å². The van der Waals surface area contributed by atoms with Gasteiger partial charge >= 0.3 is 6.36 Å². The lowest BCUT2D eigenvalue weighted by Gasteiger charge is -2.50. The Balaban J connectivity index is 1.33. The van der Waals surface area contributed by atoms with Gasteiger partial charge in [-0.05, 0) is 79.1 Å². The lowest BCUT2D eigenvalue weighted by atomic mass is 9.67. The number of nitrogens with two attached hydrogens (primary N) is 1. The number of ether oxygens (including phenoxy) is 1. The van der Waals surface area contributed by atoms with E-state index in [0.29, 0.717) is 16.9 Å². The number of nitro groups is 1. The number of hydrogen-bond acceptors (Lipinski definition) is 7. The van der Waals surface area contributed by atoms with Gasteiger partial charge in [-0.3, -0.25) is 10.1 Å². The predicted octanol–water partition coefficient (Wildman–Crippen LogP) is 6.52. The molecule has 0 radical (unpaired) electrons. The minimum atomic E-state index is -4.76. The first kappa shape index (κ1) is 27.7. The highest BCUT2D eigenvalue weighted by Gasteiger charge is 2.45. The number of anilines is 2. The monoisotopic (exact) mass is 555 g/mol. The van der Waals surface area contributed by atoms with E-state index in [-0.39, 0.29) is 23.4 Å². The molecule has 3 aromatic rings. The summed E-state index contributed by atoms with van der Waals surface area (Å²) in [5, 5.41) is 14.6. The second-order valence-corrected chi connectivity index (χ2v) is 10.6. The number of piperidine rings is 1. The minimum absolute atomic E-state index is 0.0364. The van der Waals surface area contributed by atoms with Crippen molar-refractivity contribution < 1.29 is 22.8 Å². The third kappa shape index (κ3) is 6.30. The summed E-state index contributed by atoms with van der Waals surface area (Å²) in [4.78, 5) is 17.4. The number of benzene rings is 2. The molecular formula is C29H32F3N5O3. The maximum atomic E-state index is 12.7. The SMILES string of the molecule is NC1([C@H]2CCCN(c3ccc([N+](=O)[O-])cc3)C2)CCCCC1Nc1cc(-c2cccc(OC(F)(F)F)c2)ccn1. The maximum absolute atomic E-state index is 12.7. The smallest absolute Gasteiger partial charge is 0.406 e. The van der Waals surface area contributed by atoms with Crippen molar-refractivity contribution in [3.8, 4) is 16.9 Å².